The van der Waals surface area contributed by atoms with Gasteiger partial charge in [0, 0.05) is 12.7 Å². The van der Waals surface area contributed by atoms with Crippen LogP contribution in [-0.4, -0.2) is 41.1 Å². The first-order chi connectivity index (χ1) is 11.8. The van der Waals surface area contributed by atoms with Crippen LogP contribution in [0, 0.1) is 5.92 Å². The molecule has 4 heterocycles. The van der Waals surface area contributed by atoms with Gasteiger partial charge in [-0.25, -0.2) is 0 Å². The highest BCUT2D eigenvalue weighted by Crippen LogP contribution is 2.34. The molecule has 2 aromatic heterocycles. The summed E-state index contributed by atoms with van der Waals surface area (Å²) in [5, 5.41) is 2.89. The second-order valence-electron chi connectivity index (χ2n) is 6.49. The Morgan fingerprint density at radius 2 is 2.33 bits per heavy atom. The summed E-state index contributed by atoms with van der Waals surface area (Å²) in [5.74, 6) is 1.36. The van der Waals surface area contributed by atoms with Crippen molar-refractivity contribution in [2.75, 3.05) is 18.4 Å². The number of hydrogen-bond acceptors (Lipinski definition) is 5. The van der Waals surface area contributed by atoms with Crippen LogP contribution in [-0.2, 0) is 16.1 Å². The van der Waals surface area contributed by atoms with Crippen LogP contribution in [0.1, 0.15) is 18.6 Å². The Bertz CT molecular complexity index is 674. The lowest BCUT2D eigenvalue weighted by molar-refractivity contribution is -0.127. The lowest BCUT2D eigenvalue weighted by Crippen LogP contribution is -2.41. The number of nitrogens with zero attached hydrogens (tertiary/aromatic N) is 2. The van der Waals surface area contributed by atoms with Crippen molar-refractivity contribution < 1.29 is 13.9 Å². The molecule has 24 heavy (non-hydrogen) atoms. The Balaban J connectivity index is 1.33. The van der Waals surface area contributed by atoms with Gasteiger partial charge in [-0.05, 0) is 49.6 Å². The number of fused-ring (bicyclic) bond motifs is 1. The van der Waals surface area contributed by atoms with Crippen molar-refractivity contribution in [3.8, 4) is 0 Å². The number of carbonyl (C=O) groups excluding carboxylic acids is 1. The van der Waals surface area contributed by atoms with E-state index in [2.05, 4.69) is 15.2 Å². The summed E-state index contributed by atoms with van der Waals surface area (Å²) < 4.78 is 11.5. The normalized spacial score (nSPS) is 26.9. The first-order valence-corrected chi connectivity index (χ1v) is 8.39. The van der Waals surface area contributed by atoms with E-state index < -0.39 is 0 Å². The van der Waals surface area contributed by atoms with Gasteiger partial charge in [-0.15, -0.1) is 0 Å². The fourth-order valence-corrected chi connectivity index (χ4v) is 3.59. The Labute approximate surface area is 140 Å². The molecule has 0 aliphatic carbocycles. The molecular formula is C18H21N3O3. The molecule has 6 heteroatoms. The summed E-state index contributed by atoms with van der Waals surface area (Å²) in [4.78, 5) is 18.7. The number of furan rings is 1. The Hall–Kier alpha value is -2.18. The fourth-order valence-electron chi connectivity index (χ4n) is 3.59. The van der Waals surface area contributed by atoms with Crippen LogP contribution < -0.4 is 5.32 Å². The number of anilines is 1. The maximum atomic E-state index is 12.4. The van der Waals surface area contributed by atoms with Gasteiger partial charge >= 0.3 is 0 Å². The third-order valence-electron chi connectivity index (χ3n) is 4.82. The van der Waals surface area contributed by atoms with Gasteiger partial charge in [0.1, 0.15) is 11.9 Å². The van der Waals surface area contributed by atoms with Gasteiger partial charge in [0.25, 0.3) is 5.91 Å². The van der Waals surface area contributed by atoms with E-state index >= 15 is 0 Å². The second kappa shape index (κ2) is 6.75. The summed E-state index contributed by atoms with van der Waals surface area (Å²) >= 11 is 0. The molecule has 0 unspecified atom stereocenters. The summed E-state index contributed by atoms with van der Waals surface area (Å²) in [7, 11) is 0. The molecule has 0 spiro atoms. The van der Waals surface area contributed by atoms with Crippen LogP contribution in [0.25, 0.3) is 0 Å². The molecule has 2 fully saturated rings. The minimum absolute atomic E-state index is 0.0741. The van der Waals surface area contributed by atoms with Crippen molar-refractivity contribution in [1.82, 2.24) is 9.88 Å². The zero-order chi connectivity index (χ0) is 16.4. The summed E-state index contributed by atoms with van der Waals surface area (Å²) in [6.45, 7) is 2.66. The minimum atomic E-state index is -0.372. The average Bonchev–Trinajstić information content (AvgIpc) is 3.25. The quantitative estimate of drug-likeness (QED) is 0.933. The van der Waals surface area contributed by atoms with E-state index in [9.17, 15) is 4.79 Å². The molecule has 3 atom stereocenters. The molecule has 126 valence electrons. The Morgan fingerprint density at radius 3 is 3.12 bits per heavy atom. The molecule has 1 amide bonds. The minimum Gasteiger partial charge on any atom is -0.468 e. The van der Waals surface area contributed by atoms with Gasteiger partial charge < -0.3 is 14.5 Å². The van der Waals surface area contributed by atoms with E-state index in [4.69, 9.17) is 9.15 Å². The first-order valence-electron chi connectivity index (χ1n) is 8.39. The largest absolute Gasteiger partial charge is 0.468 e. The smallest absolute Gasteiger partial charge is 0.253 e. The van der Waals surface area contributed by atoms with Crippen molar-refractivity contribution in [3.05, 3.63) is 48.7 Å². The highest BCUT2D eigenvalue weighted by Gasteiger charge is 2.41. The van der Waals surface area contributed by atoms with Gasteiger partial charge in [-0.1, -0.05) is 0 Å². The number of piperidine rings is 1. The zero-order valence-corrected chi connectivity index (χ0v) is 13.4. The predicted octanol–water partition coefficient (Wildman–Crippen LogP) is 2.29. The van der Waals surface area contributed by atoms with E-state index in [1.807, 2.05) is 18.2 Å². The van der Waals surface area contributed by atoms with Crippen molar-refractivity contribution in [1.29, 1.82) is 0 Å². The maximum absolute atomic E-state index is 12.4. The van der Waals surface area contributed by atoms with E-state index in [1.165, 1.54) is 0 Å². The van der Waals surface area contributed by atoms with E-state index in [0.29, 0.717) is 11.6 Å². The third-order valence-corrected chi connectivity index (χ3v) is 4.82. The molecule has 2 saturated heterocycles. The number of nitrogens with one attached hydrogen (secondary N) is 1. The fraction of sp³-hybridized carbons (Fsp3) is 0.444. The third kappa shape index (κ3) is 3.34. The van der Waals surface area contributed by atoms with Crippen LogP contribution in [0.4, 0.5) is 5.69 Å². The number of likely N-dealkylation sites (tertiary alicyclic amines) is 1. The number of ether oxygens (including phenoxy) is 1. The summed E-state index contributed by atoms with van der Waals surface area (Å²) in [6, 6.07) is 7.54. The van der Waals surface area contributed by atoms with Gasteiger partial charge in [-0.2, -0.15) is 0 Å². The topological polar surface area (TPSA) is 67.6 Å². The van der Waals surface area contributed by atoms with Crippen LogP contribution >= 0.6 is 0 Å². The van der Waals surface area contributed by atoms with E-state index in [1.54, 1.807) is 24.7 Å². The molecule has 0 bridgehead atoms. The Kier molecular flexibility index (Phi) is 4.32. The second-order valence-corrected chi connectivity index (χ2v) is 6.49. The lowest BCUT2D eigenvalue weighted by atomic mass is 9.91. The molecule has 2 aromatic rings. The predicted molar refractivity (Wildman–Crippen MR) is 88.2 cm³/mol. The molecule has 6 nitrogen and oxygen atoms in total. The Morgan fingerprint density at radius 1 is 1.38 bits per heavy atom. The molecule has 2 aliphatic rings. The zero-order valence-electron chi connectivity index (χ0n) is 13.4. The highest BCUT2D eigenvalue weighted by molar-refractivity contribution is 5.94. The standard InChI is InChI=1S/C18H21N3O3/c22-18(20-14-3-1-6-19-10-14)16-9-13-5-7-21(12-17(13)24-16)11-15-4-2-8-23-15/h1-4,6,8,10,13,16-17H,5,7,9,11-12H2,(H,20,22)/t13-,16+,17-/m1/s1. The van der Waals surface area contributed by atoms with Gasteiger partial charge in [-0.3, -0.25) is 14.7 Å². The number of aromatic nitrogens is 1. The van der Waals surface area contributed by atoms with Crippen molar-refractivity contribution in [3.63, 3.8) is 0 Å². The van der Waals surface area contributed by atoms with Crippen molar-refractivity contribution >= 4 is 11.6 Å². The number of carbonyl (C=O) groups is 1. The SMILES string of the molecule is O=C(Nc1cccnc1)[C@@H]1C[C@H]2CCN(Cc3ccco3)C[C@H]2O1. The van der Waals surface area contributed by atoms with Gasteiger partial charge in [0.2, 0.25) is 0 Å². The number of hydrogen-bond donors (Lipinski definition) is 1. The van der Waals surface area contributed by atoms with E-state index in [0.717, 1.165) is 38.2 Å². The van der Waals surface area contributed by atoms with Crippen molar-refractivity contribution in [2.24, 2.45) is 5.92 Å². The van der Waals surface area contributed by atoms with Gasteiger partial charge in [0.15, 0.2) is 0 Å². The van der Waals surface area contributed by atoms with Crippen LogP contribution in [0.3, 0.4) is 0 Å². The first kappa shape index (κ1) is 15.4. The monoisotopic (exact) mass is 327 g/mol. The molecular weight excluding hydrogens is 306 g/mol. The lowest BCUT2D eigenvalue weighted by Gasteiger charge is -2.33. The maximum Gasteiger partial charge on any atom is 0.253 e. The number of amides is 1. The van der Waals surface area contributed by atoms with Gasteiger partial charge in [0.05, 0.1) is 30.8 Å². The highest BCUT2D eigenvalue weighted by atomic mass is 16.5. The summed E-state index contributed by atoms with van der Waals surface area (Å²) in [6.07, 6.45) is 6.64. The van der Waals surface area contributed by atoms with E-state index in [-0.39, 0.29) is 18.1 Å². The van der Waals surface area contributed by atoms with Crippen LogP contribution in [0.2, 0.25) is 0 Å². The van der Waals surface area contributed by atoms with Crippen LogP contribution in [0.15, 0.2) is 47.3 Å². The average molecular weight is 327 g/mol. The molecule has 1 N–H and O–H groups in total. The summed E-state index contributed by atoms with van der Waals surface area (Å²) in [5.41, 5.74) is 0.709. The molecule has 0 radical (unpaired) electrons. The molecule has 4 rings (SSSR count). The number of rotatable bonds is 4. The molecule has 2 aliphatic heterocycles. The molecule has 0 saturated carbocycles. The molecule has 0 aromatic carbocycles. The van der Waals surface area contributed by atoms with Crippen LogP contribution in [0.5, 0.6) is 0 Å². The number of pyridine rings is 1. The van der Waals surface area contributed by atoms with Crippen molar-refractivity contribution in [2.45, 2.75) is 31.6 Å².